The predicted octanol–water partition coefficient (Wildman–Crippen LogP) is 1.27. The molecule has 15 heavy (non-hydrogen) atoms. The van der Waals surface area contributed by atoms with Crippen molar-refractivity contribution in [2.24, 2.45) is 5.73 Å². The number of aryl methyl sites for hydroxylation is 1. The van der Waals surface area contributed by atoms with Crippen LogP contribution in [-0.4, -0.2) is 30.3 Å². The van der Waals surface area contributed by atoms with E-state index < -0.39 is 6.17 Å². The molecule has 0 aromatic carbocycles. The van der Waals surface area contributed by atoms with Gasteiger partial charge in [-0.05, 0) is 25.5 Å². The lowest BCUT2D eigenvalue weighted by Gasteiger charge is -2.34. The zero-order valence-electron chi connectivity index (χ0n) is 8.86. The number of nitrogens with two attached hydrogens (primary N) is 1. The first kappa shape index (κ1) is 10.4. The maximum atomic E-state index is 13.3. The quantitative estimate of drug-likeness (QED) is 0.757. The molecule has 2 heterocycles. The molecule has 2 unspecified atom stereocenters. The topological polar surface area (TPSA) is 42.1 Å². The number of hydrogen-bond acceptors (Lipinski definition) is 3. The van der Waals surface area contributed by atoms with Crippen LogP contribution in [0, 0.1) is 6.92 Å². The highest BCUT2D eigenvalue weighted by Gasteiger charge is 2.24. The first-order chi connectivity index (χ1) is 7.15. The summed E-state index contributed by atoms with van der Waals surface area (Å²) in [4.78, 5) is 6.16. The molecule has 1 saturated heterocycles. The molecule has 0 bridgehead atoms. The van der Waals surface area contributed by atoms with Crippen LogP contribution in [0.25, 0.3) is 0 Å². The first-order valence-corrected chi connectivity index (χ1v) is 5.22. The number of alkyl halides is 1. The molecule has 3 nitrogen and oxygen atoms in total. The molecule has 0 spiro atoms. The van der Waals surface area contributed by atoms with Crippen molar-refractivity contribution in [3.63, 3.8) is 0 Å². The maximum Gasteiger partial charge on any atom is 0.119 e. The second-order valence-corrected chi connectivity index (χ2v) is 4.16. The van der Waals surface area contributed by atoms with E-state index in [1.807, 2.05) is 24.0 Å². The Balaban J connectivity index is 2.12. The fraction of sp³-hybridized carbons (Fsp3) is 0.545. The van der Waals surface area contributed by atoms with Gasteiger partial charge in [0, 0.05) is 24.8 Å². The molecule has 82 valence electrons. The van der Waals surface area contributed by atoms with Crippen LogP contribution in [-0.2, 0) is 0 Å². The molecule has 4 heteroatoms. The first-order valence-electron chi connectivity index (χ1n) is 5.22. The molecule has 2 rings (SSSR count). The van der Waals surface area contributed by atoms with Crippen molar-refractivity contribution >= 4 is 5.69 Å². The van der Waals surface area contributed by atoms with Crippen LogP contribution >= 0.6 is 0 Å². The maximum absolute atomic E-state index is 13.3. The van der Waals surface area contributed by atoms with E-state index in [1.54, 1.807) is 6.20 Å². The van der Waals surface area contributed by atoms with Gasteiger partial charge in [0.2, 0.25) is 0 Å². The molecule has 0 aliphatic carbocycles. The van der Waals surface area contributed by atoms with E-state index in [0.29, 0.717) is 19.5 Å². The lowest BCUT2D eigenvalue weighted by molar-refractivity contribution is 0.269. The van der Waals surface area contributed by atoms with Gasteiger partial charge in [0.05, 0.1) is 11.9 Å². The minimum atomic E-state index is -0.824. The van der Waals surface area contributed by atoms with Crippen LogP contribution in [0.15, 0.2) is 18.3 Å². The SMILES string of the molecule is Cc1ccc(N2CC(N)CC(F)C2)cn1. The molecular weight excluding hydrogens is 193 g/mol. The Morgan fingerprint density at radius 2 is 2.27 bits per heavy atom. The van der Waals surface area contributed by atoms with Crippen LogP contribution in [0.5, 0.6) is 0 Å². The highest BCUT2D eigenvalue weighted by molar-refractivity contribution is 5.45. The van der Waals surface area contributed by atoms with E-state index in [1.165, 1.54) is 0 Å². The summed E-state index contributed by atoms with van der Waals surface area (Å²) in [5.74, 6) is 0. The van der Waals surface area contributed by atoms with Crippen LogP contribution < -0.4 is 10.6 Å². The average molecular weight is 209 g/mol. The Morgan fingerprint density at radius 3 is 2.87 bits per heavy atom. The molecule has 1 aromatic heterocycles. The molecule has 0 saturated carbocycles. The average Bonchev–Trinajstić information content (AvgIpc) is 2.17. The number of hydrogen-bond donors (Lipinski definition) is 1. The second kappa shape index (κ2) is 4.14. The van der Waals surface area contributed by atoms with E-state index >= 15 is 0 Å². The van der Waals surface area contributed by atoms with Crippen molar-refractivity contribution in [2.45, 2.75) is 25.6 Å². The Kier molecular flexibility index (Phi) is 2.86. The summed E-state index contributed by atoms with van der Waals surface area (Å²) >= 11 is 0. The molecule has 2 N–H and O–H groups in total. The summed E-state index contributed by atoms with van der Waals surface area (Å²) in [6.45, 7) is 3.08. The number of halogens is 1. The fourth-order valence-corrected chi connectivity index (χ4v) is 1.93. The molecule has 1 aliphatic rings. The van der Waals surface area contributed by atoms with Gasteiger partial charge in [0.25, 0.3) is 0 Å². The summed E-state index contributed by atoms with van der Waals surface area (Å²) in [5, 5.41) is 0. The zero-order valence-corrected chi connectivity index (χ0v) is 8.86. The monoisotopic (exact) mass is 209 g/mol. The second-order valence-electron chi connectivity index (χ2n) is 4.16. The Morgan fingerprint density at radius 1 is 1.47 bits per heavy atom. The molecule has 2 atom stereocenters. The van der Waals surface area contributed by atoms with Crippen molar-refractivity contribution in [3.05, 3.63) is 24.0 Å². The van der Waals surface area contributed by atoms with E-state index in [-0.39, 0.29) is 6.04 Å². The summed E-state index contributed by atoms with van der Waals surface area (Å²) in [6.07, 6.45) is 1.42. The number of anilines is 1. The standard InChI is InChI=1S/C11H16FN3/c1-8-2-3-11(5-14-8)15-6-9(12)4-10(13)7-15/h2-3,5,9-10H,4,6-7,13H2,1H3. The summed E-state index contributed by atoms with van der Waals surface area (Å²) in [6, 6.07) is 3.82. The van der Waals surface area contributed by atoms with Crippen molar-refractivity contribution in [3.8, 4) is 0 Å². The molecule has 0 radical (unpaired) electrons. The number of nitrogens with zero attached hydrogens (tertiary/aromatic N) is 2. The van der Waals surface area contributed by atoms with E-state index in [2.05, 4.69) is 4.98 Å². The van der Waals surface area contributed by atoms with E-state index in [9.17, 15) is 4.39 Å². The van der Waals surface area contributed by atoms with Crippen LogP contribution in [0.2, 0.25) is 0 Å². The zero-order chi connectivity index (χ0) is 10.8. The molecule has 1 aliphatic heterocycles. The van der Waals surface area contributed by atoms with E-state index in [0.717, 1.165) is 11.4 Å². The lowest BCUT2D eigenvalue weighted by atomic mass is 10.0. The third-order valence-corrected chi connectivity index (χ3v) is 2.69. The fourth-order valence-electron chi connectivity index (χ4n) is 1.93. The molecule has 1 fully saturated rings. The number of aromatic nitrogens is 1. The van der Waals surface area contributed by atoms with Gasteiger partial charge in [-0.3, -0.25) is 4.98 Å². The van der Waals surface area contributed by atoms with Gasteiger partial charge < -0.3 is 10.6 Å². The summed E-state index contributed by atoms with van der Waals surface area (Å²) in [7, 11) is 0. The smallest absolute Gasteiger partial charge is 0.119 e. The van der Waals surface area contributed by atoms with Gasteiger partial charge in [-0.15, -0.1) is 0 Å². The largest absolute Gasteiger partial charge is 0.366 e. The normalized spacial score (nSPS) is 26.7. The molecule has 0 amide bonds. The Labute approximate surface area is 89.1 Å². The Bertz CT molecular complexity index is 315. The Hall–Kier alpha value is -1.16. The van der Waals surface area contributed by atoms with Crippen LogP contribution in [0.1, 0.15) is 12.1 Å². The summed E-state index contributed by atoms with van der Waals surface area (Å²) < 4.78 is 13.3. The molecular formula is C11H16FN3. The highest BCUT2D eigenvalue weighted by Crippen LogP contribution is 2.20. The van der Waals surface area contributed by atoms with Gasteiger partial charge in [-0.1, -0.05) is 0 Å². The van der Waals surface area contributed by atoms with Crippen LogP contribution in [0.4, 0.5) is 10.1 Å². The van der Waals surface area contributed by atoms with Crippen molar-refractivity contribution in [1.29, 1.82) is 0 Å². The van der Waals surface area contributed by atoms with E-state index in [4.69, 9.17) is 5.73 Å². The van der Waals surface area contributed by atoms with Crippen molar-refractivity contribution < 1.29 is 4.39 Å². The molecule has 1 aromatic rings. The number of rotatable bonds is 1. The number of piperidine rings is 1. The van der Waals surface area contributed by atoms with Crippen LogP contribution in [0.3, 0.4) is 0 Å². The van der Waals surface area contributed by atoms with Gasteiger partial charge >= 0.3 is 0 Å². The van der Waals surface area contributed by atoms with Gasteiger partial charge in [0.15, 0.2) is 0 Å². The van der Waals surface area contributed by atoms with Crippen molar-refractivity contribution in [1.82, 2.24) is 4.98 Å². The van der Waals surface area contributed by atoms with Gasteiger partial charge in [-0.2, -0.15) is 0 Å². The number of pyridine rings is 1. The lowest BCUT2D eigenvalue weighted by Crippen LogP contribution is -2.48. The van der Waals surface area contributed by atoms with Gasteiger partial charge in [0.1, 0.15) is 6.17 Å². The highest BCUT2D eigenvalue weighted by atomic mass is 19.1. The summed E-state index contributed by atoms with van der Waals surface area (Å²) in [5.41, 5.74) is 7.71. The minimum absolute atomic E-state index is 0.0740. The third kappa shape index (κ3) is 2.45. The van der Waals surface area contributed by atoms with Crippen molar-refractivity contribution in [2.75, 3.05) is 18.0 Å². The minimum Gasteiger partial charge on any atom is -0.366 e. The van der Waals surface area contributed by atoms with Gasteiger partial charge in [-0.25, -0.2) is 4.39 Å². The third-order valence-electron chi connectivity index (χ3n) is 2.69. The predicted molar refractivity (Wildman–Crippen MR) is 58.7 cm³/mol.